The molecule has 5 heteroatoms. The van der Waals surface area contributed by atoms with Crippen LogP contribution in [-0.4, -0.2) is 24.2 Å². The van der Waals surface area contributed by atoms with Crippen molar-refractivity contribution in [1.29, 1.82) is 0 Å². The minimum Gasteiger partial charge on any atom is -0.400 e. The highest BCUT2D eigenvalue weighted by Gasteiger charge is 2.51. The molecular formula is C11H17BF2O2. The highest BCUT2D eigenvalue weighted by Crippen LogP contribution is 2.43. The average molecular weight is 230 g/mol. The van der Waals surface area contributed by atoms with E-state index in [0.29, 0.717) is 0 Å². The number of hydrogen-bond acceptors (Lipinski definition) is 2. The van der Waals surface area contributed by atoms with Crippen LogP contribution in [-0.2, 0) is 9.31 Å². The van der Waals surface area contributed by atoms with Crippen LogP contribution in [0.5, 0.6) is 0 Å². The smallest absolute Gasteiger partial charge is 0.400 e. The monoisotopic (exact) mass is 230 g/mol. The number of allylic oxidation sites excluding steroid dienone is 1. The number of rotatable bonds is 1. The van der Waals surface area contributed by atoms with Crippen LogP contribution in [0.2, 0.25) is 0 Å². The molecule has 0 radical (unpaired) electrons. The molecule has 1 saturated carbocycles. The average Bonchev–Trinajstić information content (AvgIpc) is 2.15. The first-order valence-corrected chi connectivity index (χ1v) is 5.54. The van der Waals surface area contributed by atoms with Crippen molar-refractivity contribution in [3.63, 3.8) is 0 Å². The summed E-state index contributed by atoms with van der Waals surface area (Å²) in [7, 11) is -0.490. The fourth-order valence-electron chi connectivity index (χ4n) is 1.88. The predicted molar refractivity (Wildman–Crippen MR) is 58.3 cm³/mol. The summed E-state index contributed by atoms with van der Waals surface area (Å²) >= 11 is 0. The lowest BCUT2D eigenvalue weighted by molar-refractivity contribution is -0.0365. The van der Waals surface area contributed by atoms with E-state index in [1.165, 1.54) is 0 Å². The Morgan fingerprint density at radius 1 is 1.06 bits per heavy atom. The molecule has 0 bridgehead atoms. The van der Waals surface area contributed by atoms with Gasteiger partial charge in [-0.1, -0.05) is 11.5 Å². The lowest BCUT2D eigenvalue weighted by Gasteiger charge is -2.32. The largest absolute Gasteiger partial charge is 0.487 e. The minimum absolute atomic E-state index is 0.156. The van der Waals surface area contributed by atoms with E-state index >= 15 is 0 Å². The van der Waals surface area contributed by atoms with E-state index in [-0.39, 0.29) is 12.8 Å². The van der Waals surface area contributed by atoms with Crippen molar-refractivity contribution in [2.45, 2.75) is 57.7 Å². The molecule has 2 aliphatic rings. The van der Waals surface area contributed by atoms with E-state index in [1.54, 1.807) is 5.98 Å². The van der Waals surface area contributed by atoms with Crippen molar-refractivity contribution in [3.05, 3.63) is 11.5 Å². The zero-order valence-electron chi connectivity index (χ0n) is 10.1. The van der Waals surface area contributed by atoms with Gasteiger partial charge in [-0.05, 0) is 27.7 Å². The molecule has 0 N–H and O–H groups in total. The van der Waals surface area contributed by atoms with Gasteiger partial charge in [0.25, 0.3) is 5.92 Å². The molecule has 0 spiro atoms. The molecule has 1 aliphatic heterocycles. The Bertz CT molecular complexity index is 311. The molecule has 0 amide bonds. The van der Waals surface area contributed by atoms with Gasteiger partial charge in [0, 0.05) is 12.8 Å². The van der Waals surface area contributed by atoms with Gasteiger partial charge in [0.2, 0.25) is 0 Å². The number of alkyl halides is 2. The molecule has 1 saturated heterocycles. The fourth-order valence-corrected chi connectivity index (χ4v) is 1.88. The summed E-state index contributed by atoms with van der Waals surface area (Å²) in [5.41, 5.74) is -0.0781. The Morgan fingerprint density at radius 2 is 1.50 bits per heavy atom. The van der Waals surface area contributed by atoms with Gasteiger partial charge in [0.05, 0.1) is 11.2 Å². The molecule has 0 aromatic rings. The summed E-state index contributed by atoms with van der Waals surface area (Å²) in [5, 5.41) is 0. The van der Waals surface area contributed by atoms with E-state index in [4.69, 9.17) is 9.31 Å². The molecule has 16 heavy (non-hydrogen) atoms. The molecule has 0 aromatic carbocycles. The minimum atomic E-state index is -2.52. The zero-order valence-corrected chi connectivity index (χ0v) is 10.1. The van der Waals surface area contributed by atoms with Gasteiger partial charge in [-0.15, -0.1) is 0 Å². The summed E-state index contributed by atoms with van der Waals surface area (Å²) in [6.07, 6.45) is -0.311. The molecule has 2 nitrogen and oxygen atoms in total. The van der Waals surface area contributed by atoms with Crippen LogP contribution < -0.4 is 0 Å². The van der Waals surface area contributed by atoms with Gasteiger partial charge in [0.15, 0.2) is 0 Å². The normalized spacial score (nSPS) is 30.1. The van der Waals surface area contributed by atoms with Crippen LogP contribution >= 0.6 is 0 Å². The van der Waals surface area contributed by atoms with E-state index in [9.17, 15) is 8.78 Å². The summed E-state index contributed by atoms with van der Waals surface area (Å²) in [6, 6.07) is 0. The molecule has 2 rings (SSSR count). The highest BCUT2D eigenvalue weighted by molar-refractivity contribution is 6.51. The second-order valence-corrected chi connectivity index (χ2v) is 5.66. The summed E-state index contributed by atoms with van der Waals surface area (Å²) in [5.74, 6) is -0.830. The van der Waals surface area contributed by atoms with Gasteiger partial charge >= 0.3 is 7.12 Å². The van der Waals surface area contributed by atoms with Crippen molar-refractivity contribution in [1.82, 2.24) is 0 Å². The van der Waals surface area contributed by atoms with Crippen LogP contribution in [0.1, 0.15) is 40.5 Å². The van der Waals surface area contributed by atoms with Crippen LogP contribution in [0.4, 0.5) is 8.78 Å². The first-order valence-electron chi connectivity index (χ1n) is 5.54. The van der Waals surface area contributed by atoms with E-state index in [2.05, 4.69) is 0 Å². The molecule has 90 valence electrons. The SMILES string of the molecule is CC1(C)OB(C=C2CC(F)(F)C2)OC1(C)C. The second kappa shape index (κ2) is 3.29. The number of hydrogen-bond donors (Lipinski definition) is 0. The van der Waals surface area contributed by atoms with Gasteiger partial charge in [-0.25, -0.2) is 8.78 Å². The van der Waals surface area contributed by atoms with Gasteiger partial charge in [0.1, 0.15) is 0 Å². The highest BCUT2D eigenvalue weighted by atomic mass is 19.3. The van der Waals surface area contributed by atoms with Crippen molar-refractivity contribution in [2.75, 3.05) is 0 Å². The van der Waals surface area contributed by atoms with Crippen LogP contribution in [0.25, 0.3) is 0 Å². The molecule has 0 unspecified atom stereocenters. The number of halogens is 2. The third-order valence-electron chi connectivity index (χ3n) is 3.61. The Labute approximate surface area is 95.1 Å². The Morgan fingerprint density at radius 3 is 1.88 bits per heavy atom. The summed E-state index contributed by atoms with van der Waals surface area (Å²) in [4.78, 5) is 0. The zero-order chi connectivity index (χ0) is 12.2. The van der Waals surface area contributed by atoms with Gasteiger partial charge in [-0.3, -0.25) is 0 Å². The Balaban J connectivity index is 2.01. The third kappa shape index (κ3) is 2.03. The lowest BCUT2D eigenvalue weighted by atomic mass is 9.78. The molecule has 1 heterocycles. The van der Waals surface area contributed by atoms with Crippen LogP contribution in [0.15, 0.2) is 11.5 Å². The van der Waals surface area contributed by atoms with E-state index < -0.39 is 24.2 Å². The third-order valence-corrected chi connectivity index (χ3v) is 3.61. The quantitative estimate of drug-likeness (QED) is 0.644. The maximum absolute atomic E-state index is 12.6. The molecule has 0 aromatic heterocycles. The summed E-state index contributed by atoms with van der Waals surface area (Å²) < 4.78 is 36.7. The van der Waals surface area contributed by atoms with Crippen molar-refractivity contribution < 1.29 is 18.1 Å². The van der Waals surface area contributed by atoms with Crippen molar-refractivity contribution in [2.24, 2.45) is 0 Å². The van der Waals surface area contributed by atoms with Crippen LogP contribution in [0, 0.1) is 0 Å². The lowest BCUT2D eigenvalue weighted by Crippen LogP contribution is -2.41. The maximum Gasteiger partial charge on any atom is 0.487 e. The van der Waals surface area contributed by atoms with Crippen LogP contribution in [0.3, 0.4) is 0 Å². The Hall–Kier alpha value is -0.415. The topological polar surface area (TPSA) is 18.5 Å². The van der Waals surface area contributed by atoms with E-state index in [0.717, 1.165) is 5.57 Å². The first-order chi connectivity index (χ1) is 7.11. The predicted octanol–water partition coefficient (Wildman–Crippen LogP) is 2.97. The molecule has 2 fully saturated rings. The standard InChI is InChI=1S/C11H17BF2O2/c1-9(2)10(3,4)16-12(15-9)7-8-5-11(13,14)6-8/h7H,5-6H2,1-4H3. The molecule has 1 aliphatic carbocycles. The maximum atomic E-state index is 12.6. The van der Waals surface area contributed by atoms with Gasteiger partial charge < -0.3 is 9.31 Å². The summed E-state index contributed by atoms with van der Waals surface area (Å²) in [6.45, 7) is 7.78. The molecular weight excluding hydrogens is 213 g/mol. The van der Waals surface area contributed by atoms with Crippen molar-refractivity contribution >= 4 is 7.12 Å². The molecule has 0 atom stereocenters. The van der Waals surface area contributed by atoms with Crippen molar-refractivity contribution in [3.8, 4) is 0 Å². The van der Waals surface area contributed by atoms with E-state index in [1.807, 2.05) is 27.7 Å². The fraction of sp³-hybridized carbons (Fsp3) is 0.818. The second-order valence-electron chi connectivity index (χ2n) is 5.66. The van der Waals surface area contributed by atoms with Gasteiger partial charge in [-0.2, -0.15) is 0 Å². The first kappa shape index (κ1) is 12.1. The Kier molecular flexibility index (Phi) is 2.48.